The molecule has 1 saturated heterocycles. The summed E-state index contributed by atoms with van der Waals surface area (Å²) in [7, 11) is 0. The zero-order valence-corrected chi connectivity index (χ0v) is 17.0. The molecule has 2 aromatic rings. The van der Waals surface area contributed by atoms with Crippen LogP contribution in [0, 0.1) is 0 Å². The molecular formula is C21H21N3O4S. The number of hydrogen-bond acceptors (Lipinski definition) is 5. The van der Waals surface area contributed by atoms with E-state index in [1.54, 1.807) is 29.5 Å². The Balaban J connectivity index is 1.59. The number of amides is 4. The van der Waals surface area contributed by atoms with Crippen molar-refractivity contribution in [1.82, 2.24) is 15.5 Å². The van der Waals surface area contributed by atoms with E-state index in [0.717, 1.165) is 4.88 Å². The van der Waals surface area contributed by atoms with E-state index in [9.17, 15) is 19.2 Å². The van der Waals surface area contributed by atoms with Crippen molar-refractivity contribution in [3.05, 3.63) is 57.3 Å². The minimum absolute atomic E-state index is 0.170. The molecule has 0 radical (unpaired) electrons. The molecule has 0 spiro atoms. The third-order valence-corrected chi connectivity index (χ3v) is 6.58. The molecule has 1 fully saturated rings. The van der Waals surface area contributed by atoms with E-state index in [-0.39, 0.29) is 37.1 Å². The van der Waals surface area contributed by atoms with Gasteiger partial charge in [0, 0.05) is 29.0 Å². The summed E-state index contributed by atoms with van der Waals surface area (Å²) in [6.45, 7) is 4.03. The van der Waals surface area contributed by atoms with Crippen molar-refractivity contribution in [2.75, 3.05) is 0 Å². The number of nitrogens with one attached hydrogen (secondary N) is 2. The Labute approximate surface area is 172 Å². The number of carbonyl (C=O) groups excluding carboxylic acids is 4. The number of imide groups is 1. The Hall–Kier alpha value is -3.00. The van der Waals surface area contributed by atoms with E-state index in [2.05, 4.69) is 10.6 Å². The van der Waals surface area contributed by atoms with Gasteiger partial charge in [0.25, 0.3) is 11.8 Å². The number of nitrogens with zero attached hydrogens (tertiary/aromatic N) is 1. The van der Waals surface area contributed by atoms with Crippen molar-refractivity contribution in [3.8, 4) is 0 Å². The van der Waals surface area contributed by atoms with Gasteiger partial charge in [-0.15, -0.1) is 11.3 Å². The van der Waals surface area contributed by atoms with Crippen LogP contribution in [0.3, 0.4) is 0 Å². The second kappa shape index (κ2) is 7.11. The summed E-state index contributed by atoms with van der Waals surface area (Å²) in [6, 6.07) is 8.24. The first kappa shape index (κ1) is 19.3. The summed E-state index contributed by atoms with van der Waals surface area (Å²) in [5.41, 5.74) is 0.910. The third kappa shape index (κ3) is 3.44. The first-order chi connectivity index (χ1) is 13.8. The first-order valence-electron chi connectivity index (χ1n) is 9.41. The van der Waals surface area contributed by atoms with Gasteiger partial charge in [0.2, 0.25) is 11.8 Å². The van der Waals surface area contributed by atoms with E-state index in [0.29, 0.717) is 16.7 Å². The highest BCUT2D eigenvalue weighted by Gasteiger charge is 2.40. The summed E-state index contributed by atoms with van der Waals surface area (Å²) in [4.78, 5) is 52.1. The van der Waals surface area contributed by atoms with E-state index < -0.39 is 17.5 Å². The van der Waals surface area contributed by atoms with E-state index >= 15 is 0 Å². The number of carbonyl (C=O) groups is 4. The summed E-state index contributed by atoms with van der Waals surface area (Å²) in [6.07, 6.45) is 0.482. The predicted octanol–water partition coefficient (Wildman–Crippen LogP) is 2.17. The summed E-state index contributed by atoms with van der Waals surface area (Å²) in [5, 5.41) is 7.29. The maximum Gasteiger partial charge on any atom is 0.255 e. The van der Waals surface area contributed by atoms with Crippen LogP contribution in [0.5, 0.6) is 0 Å². The van der Waals surface area contributed by atoms with Crippen molar-refractivity contribution < 1.29 is 19.2 Å². The van der Waals surface area contributed by atoms with Gasteiger partial charge in [-0.3, -0.25) is 24.5 Å². The smallest absolute Gasteiger partial charge is 0.255 e. The molecule has 0 bridgehead atoms. The molecule has 1 aromatic carbocycles. The Morgan fingerprint density at radius 1 is 1.21 bits per heavy atom. The number of piperidine rings is 1. The fourth-order valence-corrected chi connectivity index (χ4v) is 4.65. The fourth-order valence-electron chi connectivity index (χ4n) is 3.85. The van der Waals surface area contributed by atoms with Gasteiger partial charge in [0.05, 0.1) is 5.54 Å². The predicted molar refractivity (Wildman–Crippen MR) is 107 cm³/mol. The van der Waals surface area contributed by atoms with Gasteiger partial charge in [-0.2, -0.15) is 0 Å². The maximum absolute atomic E-state index is 13.1. The molecule has 0 aliphatic carbocycles. The van der Waals surface area contributed by atoms with Crippen LogP contribution in [0.25, 0.3) is 0 Å². The van der Waals surface area contributed by atoms with Gasteiger partial charge in [-0.1, -0.05) is 12.1 Å². The standard InChI is InChI=1S/C21H21N3O4S/c1-21(2,16-7-4-10-29-16)23-18(26)12-5-3-6-13-14(12)11-24(20(13)28)15-8-9-17(25)22-19(15)27/h3-7,10,15H,8-9,11H2,1-2H3,(H,23,26)(H,22,25,27). The zero-order chi connectivity index (χ0) is 20.8. The van der Waals surface area contributed by atoms with Crippen LogP contribution in [0.4, 0.5) is 0 Å². The minimum atomic E-state index is -0.703. The van der Waals surface area contributed by atoms with Gasteiger partial charge in [-0.05, 0) is 49.4 Å². The molecule has 1 atom stereocenters. The summed E-state index contributed by atoms with van der Waals surface area (Å²) in [5.74, 6) is -1.35. The number of hydrogen-bond donors (Lipinski definition) is 2. The van der Waals surface area contributed by atoms with Gasteiger partial charge in [-0.25, -0.2) is 0 Å². The Kier molecular flexibility index (Phi) is 4.74. The van der Waals surface area contributed by atoms with Crippen LogP contribution in [-0.4, -0.2) is 34.6 Å². The lowest BCUT2D eigenvalue weighted by atomic mass is 9.99. The molecule has 0 saturated carbocycles. The molecular weight excluding hydrogens is 390 g/mol. The largest absolute Gasteiger partial charge is 0.342 e. The van der Waals surface area contributed by atoms with Crippen molar-refractivity contribution in [1.29, 1.82) is 0 Å². The summed E-state index contributed by atoms with van der Waals surface area (Å²) < 4.78 is 0. The average molecular weight is 411 g/mol. The topological polar surface area (TPSA) is 95.6 Å². The third-order valence-electron chi connectivity index (χ3n) is 5.39. The minimum Gasteiger partial charge on any atom is -0.342 e. The highest BCUT2D eigenvalue weighted by atomic mass is 32.1. The maximum atomic E-state index is 13.1. The van der Waals surface area contributed by atoms with Crippen molar-refractivity contribution in [2.45, 2.75) is 44.8 Å². The fraction of sp³-hybridized carbons (Fsp3) is 0.333. The second-order valence-corrected chi connectivity index (χ2v) is 8.74. The Morgan fingerprint density at radius 3 is 2.69 bits per heavy atom. The van der Waals surface area contributed by atoms with Gasteiger partial charge >= 0.3 is 0 Å². The molecule has 2 N–H and O–H groups in total. The zero-order valence-electron chi connectivity index (χ0n) is 16.2. The molecule has 29 heavy (non-hydrogen) atoms. The molecule has 2 aliphatic heterocycles. The van der Waals surface area contributed by atoms with Gasteiger partial charge < -0.3 is 10.2 Å². The first-order valence-corrected chi connectivity index (χ1v) is 10.3. The summed E-state index contributed by atoms with van der Waals surface area (Å²) >= 11 is 1.56. The van der Waals surface area contributed by atoms with Gasteiger partial charge in [0.15, 0.2) is 0 Å². The number of benzene rings is 1. The molecule has 1 aromatic heterocycles. The van der Waals surface area contributed by atoms with Crippen molar-refractivity contribution >= 4 is 35.0 Å². The molecule has 7 nitrogen and oxygen atoms in total. The van der Waals surface area contributed by atoms with Crippen molar-refractivity contribution in [2.24, 2.45) is 0 Å². The molecule has 1 unspecified atom stereocenters. The highest BCUT2D eigenvalue weighted by molar-refractivity contribution is 7.10. The Bertz CT molecular complexity index is 1010. The lowest BCUT2D eigenvalue weighted by Crippen LogP contribution is -2.52. The lowest BCUT2D eigenvalue weighted by molar-refractivity contribution is -0.136. The van der Waals surface area contributed by atoms with Crippen LogP contribution in [0.15, 0.2) is 35.7 Å². The molecule has 8 heteroatoms. The number of rotatable bonds is 4. The highest BCUT2D eigenvalue weighted by Crippen LogP contribution is 2.31. The molecule has 2 aliphatic rings. The molecule has 3 heterocycles. The van der Waals surface area contributed by atoms with E-state index in [1.165, 1.54) is 4.90 Å². The van der Waals surface area contributed by atoms with Gasteiger partial charge in [0.1, 0.15) is 6.04 Å². The van der Waals surface area contributed by atoms with Crippen molar-refractivity contribution in [3.63, 3.8) is 0 Å². The quantitative estimate of drug-likeness (QED) is 0.754. The normalized spacial score (nSPS) is 19.2. The van der Waals surface area contributed by atoms with Crippen LogP contribution in [0.1, 0.15) is 57.8 Å². The monoisotopic (exact) mass is 411 g/mol. The van der Waals surface area contributed by atoms with Crippen LogP contribution in [-0.2, 0) is 21.7 Å². The van der Waals surface area contributed by atoms with E-state index in [4.69, 9.17) is 0 Å². The molecule has 150 valence electrons. The molecule has 4 rings (SSSR count). The van der Waals surface area contributed by atoms with E-state index in [1.807, 2.05) is 31.4 Å². The second-order valence-electron chi connectivity index (χ2n) is 7.79. The molecule has 4 amide bonds. The Morgan fingerprint density at radius 2 is 2.00 bits per heavy atom. The lowest BCUT2D eigenvalue weighted by Gasteiger charge is -2.29. The number of thiophene rings is 1. The average Bonchev–Trinajstić information content (AvgIpc) is 3.31. The van der Waals surface area contributed by atoms with Crippen LogP contribution >= 0.6 is 11.3 Å². The number of fused-ring (bicyclic) bond motifs is 1. The van der Waals surface area contributed by atoms with Crippen LogP contribution in [0.2, 0.25) is 0 Å². The van der Waals surface area contributed by atoms with Crippen LogP contribution < -0.4 is 10.6 Å². The SMILES string of the molecule is CC(C)(NC(=O)c1cccc2c1CN(C1CCC(=O)NC1=O)C2=O)c1cccs1.